The smallest absolute Gasteiger partial charge is 0.343 e. The minimum absolute atomic E-state index is 0.0708. The highest BCUT2D eigenvalue weighted by atomic mass is 16.5. The van der Waals surface area contributed by atoms with Gasteiger partial charge in [-0.05, 0) is 30.7 Å². The van der Waals surface area contributed by atoms with Gasteiger partial charge in [0.25, 0.3) is 5.91 Å². The molecule has 2 aromatic rings. The van der Waals surface area contributed by atoms with Crippen LogP contribution in [-0.4, -0.2) is 39.0 Å². The second kappa shape index (κ2) is 8.66. The number of benzene rings is 2. The molecular weight excluding hydrogens is 338 g/mol. The molecule has 2 aromatic carbocycles. The molecule has 0 bridgehead atoms. The Hall–Kier alpha value is -3.35. The maximum absolute atomic E-state index is 12.4. The largest absolute Gasteiger partial charge is 0.493 e. The summed E-state index contributed by atoms with van der Waals surface area (Å²) in [5, 5.41) is 2.66. The van der Waals surface area contributed by atoms with E-state index in [9.17, 15) is 14.4 Å². The van der Waals surface area contributed by atoms with Gasteiger partial charge in [0.15, 0.2) is 24.4 Å². The summed E-state index contributed by atoms with van der Waals surface area (Å²) in [7, 11) is 2.75. The molecule has 2 rings (SSSR count). The highest BCUT2D eigenvalue weighted by Crippen LogP contribution is 2.33. The lowest BCUT2D eigenvalue weighted by molar-refractivity contribution is -0.119. The Morgan fingerprint density at radius 1 is 1.08 bits per heavy atom. The van der Waals surface area contributed by atoms with E-state index in [0.717, 1.165) is 5.56 Å². The van der Waals surface area contributed by atoms with E-state index in [1.807, 2.05) is 19.1 Å². The number of hydrogen-bond acceptors (Lipinski definition) is 6. The Kier molecular flexibility index (Phi) is 6.32. The highest BCUT2D eigenvalue weighted by Gasteiger charge is 2.23. The number of amides is 1. The fraction of sp³-hybridized carbons (Fsp3) is 0.211. The Morgan fingerprint density at radius 3 is 2.42 bits per heavy atom. The lowest BCUT2D eigenvalue weighted by Gasteiger charge is -2.14. The molecule has 0 heterocycles. The first kappa shape index (κ1) is 19.0. The number of hydrogen-bond donors (Lipinski definition) is 1. The third-order valence-electron chi connectivity index (χ3n) is 3.66. The van der Waals surface area contributed by atoms with Crippen molar-refractivity contribution in [1.82, 2.24) is 0 Å². The van der Waals surface area contributed by atoms with E-state index in [-0.39, 0.29) is 22.6 Å². The van der Waals surface area contributed by atoms with Crippen LogP contribution >= 0.6 is 0 Å². The van der Waals surface area contributed by atoms with Crippen LogP contribution in [0.4, 0.5) is 5.69 Å². The van der Waals surface area contributed by atoms with Gasteiger partial charge in [0.2, 0.25) is 0 Å². The van der Waals surface area contributed by atoms with Crippen molar-refractivity contribution in [3.63, 3.8) is 0 Å². The van der Waals surface area contributed by atoms with Crippen LogP contribution in [0.3, 0.4) is 0 Å². The number of rotatable bonds is 7. The average molecular weight is 357 g/mol. The van der Waals surface area contributed by atoms with Crippen molar-refractivity contribution >= 4 is 23.9 Å². The van der Waals surface area contributed by atoms with Gasteiger partial charge < -0.3 is 19.5 Å². The van der Waals surface area contributed by atoms with Crippen molar-refractivity contribution in [2.24, 2.45) is 0 Å². The van der Waals surface area contributed by atoms with E-state index in [2.05, 4.69) is 5.32 Å². The summed E-state index contributed by atoms with van der Waals surface area (Å²) < 4.78 is 15.3. The normalized spacial score (nSPS) is 9.96. The lowest BCUT2D eigenvalue weighted by Crippen LogP contribution is -2.22. The van der Waals surface area contributed by atoms with Gasteiger partial charge in [0.1, 0.15) is 5.56 Å². The molecule has 136 valence electrons. The molecule has 0 aliphatic rings. The van der Waals surface area contributed by atoms with E-state index >= 15 is 0 Å². The zero-order valence-corrected chi connectivity index (χ0v) is 14.7. The number of aryl methyl sites for hydroxylation is 1. The van der Waals surface area contributed by atoms with Crippen LogP contribution in [0.5, 0.6) is 11.5 Å². The molecule has 0 atom stereocenters. The number of aldehydes is 1. The quantitative estimate of drug-likeness (QED) is 0.605. The van der Waals surface area contributed by atoms with Gasteiger partial charge in [0.05, 0.1) is 14.2 Å². The van der Waals surface area contributed by atoms with E-state index in [0.29, 0.717) is 12.0 Å². The summed E-state index contributed by atoms with van der Waals surface area (Å²) in [4.78, 5) is 35.7. The minimum Gasteiger partial charge on any atom is -0.493 e. The van der Waals surface area contributed by atoms with Crippen molar-refractivity contribution in [3.8, 4) is 11.5 Å². The lowest BCUT2D eigenvalue weighted by atomic mass is 10.1. The van der Waals surface area contributed by atoms with E-state index < -0.39 is 18.5 Å². The van der Waals surface area contributed by atoms with Crippen LogP contribution in [0.25, 0.3) is 0 Å². The van der Waals surface area contributed by atoms with Crippen molar-refractivity contribution < 1.29 is 28.6 Å². The third kappa shape index (κ3) is 4.18. The number of esters is 1. The van der Waals surface area contributed by atoms with Crippen LogP contribution in [-0.2, 0) is 9.53 Å². The summed E-state index contributed by atoms with van der Waals surface area (Å²) in [6.07, 6.45) is 0.506. The molecule has 0 saturated heterocycles. The summed E-state index contributed by atoms with van der Waals surface area (Å²) in [6, 6.07) is 10.1. The monoisotopic (exact) mass is 357 g/mol. The van der Waals surface area contributed by atoms with Crippen molar-refractivity contribution in [2.75, 3.05) is 26.1 Å². The van der Waals surface area contributed by atoms with E-state index in [1.54, 1.807) is 12.1 Å². The summed E-state index contributed by atoms with van der Waals surface area (Å²) in [5.74, 6) is -1.01. The van der Waals surface area contributed by atoms with Crippen LogP contribution < -0.4 is 14.8 Å². The zero-order valence-electron chi connectivity index (χ0n) is 14.7. The van der Waals surface area contributed by atoms with Gasteiger partial charge >= 0.3 is 5.97 Å². The third-order valence-corrected chi connectivity index (χ3v) is 3.66. The molecule has 1 amide bonds. The Balaban J connectivity index is 2.14. The summed E-state index contributed by atoms with van der Waals surface area (Å²) in [5.41, 5.74) is 1.49. The molecule has 1 N–H and O–H groups in total. The van der Waals surface area contributed by atoms with E-state index in [1.165, 1.54) is 26.4 Å². The van der Waals surface area contributed by atoms with Crippen LogP contribution in [0.15, 0.2) is 36.4 Å². The molecule has 0 spiro atoms. The molecule has 7 heteroatoms. The SMILES string of the molecule is COc1ccc(C=O)c(C(=O)OCC(=O)Nc2ccccc2C)c1OC. The predicted molar refractivity (Wildman–Crippen MR) is 95.0 cm³/mol. The van der Waals surface area contributed by atoms with Gasteiger partial charge in [-0.25, -0.2) is 4.79 Å². The molecule has 26 heavy (non-hydrogen) atoms. The van der Waals surface area contributed by atoms with Crippen molar-refractivity contribution in [2.45, 2.75) is 6.92 Å². The van der Waals surface area contributed by atoms with Gasteiger partial charge in [-0.2, -0.15) is 0 Å². The van der Waals surface area contributed by atoms with Crippen LogP contribution in [0.1, 0.15) is 26.3 Å². The Labute approximate surface area is 150 Å². The molecular formula is C19H19NO6. The van der Waals surface area contributed by atoms with Gasteiger partial charge in [-0.3, -0.25) is 9.59 Å². The Bertz CT molecular complexity index is 831. The highest BCUT2D eigenvalue weighted by molar-refractivity contribution is 6.03. The maximum atomic E-state index is 12.4. The number of nitrogens with one attached hydrogen (secondary N) is 1. The average Bonchev–Trinajstić information content (AvgIpc) is 2.66. The van der Waals surface area contributed by atoms with Gasteiger partial charge in [-0.15, -0.1) is 0 Å². The molecule has 0 fully saturated rings. The van der Waals surface area contributed by atoms with Gasteiger partial charge in [-0.1, -0.05) is 18.2 Å². The first-order valence-corrected chi connectivity index (χ1v) is 7.74. The zero-order chi connectivity index (χ0) is 19.1. The maximum Gasteiger partial charge on any atom is 0.343 e. The molecule has 0 aromatic heterocycles. The number of carbonyl (C=O) groups excluding carboxylic acids is 3. The molecule has 0 aliphatic heterocycles. The standard InChI is InChI=1S/C19H19NO6/c1-12-6-4-5-7-14(12)20-16(22)11-26-19(23)17-13(10-21)8-9-15(24-2)18(17)25-3/h4-10H,11H2,1-3H3,(H,20,22). The first-order valence-electron chi connectivity index (χ1n) is 7.74. The number of ether oxygens (including phenoxy) is 3. The van der Waals surface area contributed by atoms with Gasteiger partial charge in [0, 0.05) is 11.3 Å². The number of anilines is 1. The van der Waals surface area contributed by atoms with Crippen LogP contribution in [0.2, 0.25) is 0 Å². The number of carbonyl (C=O) groups is 3. The molecule has 7 nitrogen and oxygen atoms in total. The topological polar surface area (TPSA) is 90.9 Å². The second-order valence-electron chi connectivity index (χ2n) is 5.32. The van der Waals surface area contributed by atoms with Crippen molar-refractivity contribution in [3.05, 3.63) is 53.1 Å². The predicted octanol–water partition coefficient (Wildman–Crippen LogP) is 2.62. The molecule has 0 unspecified atom stereocenters. The Morgan fingerprint density at radius 2 is 1.81 bits per heavy atom. The summed E-state index contributed by atoms with van der Waals surface area (Å²) in [6.45, 7) is 1.34. The molecule has 0 aliphatic carbocycles. The number of methoxy groups -OCH3 is 2. The fourth-order valence-corrected chi connectivity index (χ4v) is 2.35. The minimum atomic E-state index is -0.859. The molecule has 0 saturated carbocycles. The van der Waals surface area contributed by atoms with Crippen LogP contribution in [0, 0.1) is 6.92 Å². The first-order chi connectivity index (χ1) is 12.5. The van der Waals surface area contributed by atoms with Crippen molar-refractivity contribution in [1.29, 1.82) is 0 Å². The molecule has 0 radical (unpaired) electrons. The number of para-hydroxylation sites is 1. The second-order valence-corrected chi connectivity index (χ2v) is 5.32. The summed E-state index contributed by atoms with van der Waals surface area (Å²) >= 11 is 0. The van der Waals surface area contributed by atoms with E-state index in [4.69, 9.17) is 14.2 Å². The fourth-order valence-electron chi connectivity index (χ4n) is 2.35.